The second kappa shape index (κ2) is 6.20. The van der Waals surface area contributed by atoms with Gasteiger partial charge in [-0.2, -0.15) is 0 Å². The zero-order valence-corrected chi connectivity index (χ0v) is 17.3. The Kier molecular flexibility index (Phi) is 3.60. The van der Waals surface area contributed by atoms with Crippen LogP contribution in [0.4, 0.5) is 0 Å². The van der Waals surface area contributed by atoms with Crippen molar-refractivity contribution in [3.8, 4) is 11.1 Å². The molecule has 4 aromatic carbocycles. The van der Waals surface area contributed by atoms with Gasteiger partial charge in [-0.05, 0) is 49.2 Å². The van der Waals surface area contributed by atoms with E-state index in [-0.39, 0.29) is 0 Å². The molecule has 0 fully saturated rings. The largest absolute Gasteiger partial charge is 0.338 e. The first kappa shape index (κ1) is 16.8. The molecule has 0 spiro atoms. The van der Waals surface area contributed by atoms with E-state index in [1.807, 2.05) is 11.3 Å². The third-order valence-corrected chi connectivity index (χ3v) is 7.16. The van der Waals surface area contributed by atoms with E-state index >= 15 is 0 Å². The molecule has 0 aliphatic rings. The van der Waals surface area contributed by atoms with Crippen LogP contribution >= 0.6 is 11.3 Å². The van der Waals surface area contributed by atoms with Crippen molar-refractivity contribution in [3.63, 3.8) is 0 Å². The molecule has 29 heavy (non-hydrogen) atoms. The zero-order valence-electron chi connectivity index (χ0n) is 16.5. The number of aromatic nitrogens is 1. The normalized spacial score (nSPS) is 12.1. The van der Waals surface area contributed by atoms with Gasteiger partial charge in [0, 0.05) is 48.0 Å². The fourth-order valence-corrected chi connectivity index (χ4v) is 5.94. The van der Waals surface area contributed by atoms with Crippen molar-refractivity contribution < 1.29 is 0 Å². The maximum Gasteiger partial charge on any atom is 0.0494 e. The predicted molar refractivity (Wildman–Crippen MR) is 128 cm³/mol. The maximum absolute atomic E-state index is 2.45. The number of fused-ring (bicyclic) bond motifs is 6. The van der Waals surface area contributed by atoms with Crippen LogP contribution in [0.2, 0.25) is 0 Å². The summed E-state index contributed by atoms with van der Waals surface area (Å²) in [7, 11) is 0. The minimum absolute atomic E-state index is 0.425. The summed E-state index contributed by atoms with van der Waals surface area (Å²) in [6.07, 6.45) is 0. The summed E-state index contributed by atoms with van der Waals surface area (Å²) in [6, 6.07) is 31.6. The summed E-state index contributed by atoms with van der Waals surface area (Å²) in [4.78, 5) is 0. The number of hydrogen-bond acceptors (Lipinski definition) is 1. The highest BCUT2D eigenvalue weighted by Gasteiger charge is 2.15. The van der Waals surface area contributed by atoms with Crippen LogP contribution in [0.3, 0.4) is 0 Å². The molecule has 6 aromatic rings. The molecule has 0 bridgehead atoms. The van der Waals surface area contributed by atoms with E-state index in [2.05, 4.69) is 103 Å². The van der Waals surface area contributed by atoms with E-state index in [9.17, 15) is 0 Å². The van der Waals surface area contributed by atoms with Gasteiger partial charge in [0.25, 0.3) is 0 Å². The lowest BCUT2D eigenvalue weighted by Crippen LogP contribution is -1.99. The fraction of sp³-hybridized carbons (Fsp3) is 0.111. The van der Waals surface area contributed by atoms with Gasteiger partial charge in [-0.15, -0.1) is 11.3 Å². The molecular weight excluding hydrogens is 370 g/mol. The molecule has 0 atom stereocenters. The van der Waals surface area contributed by atoms with Gasteiger partial charge in [0.15, 0.2) is 0 Å². The Labute approximate surface area is 173 Å². The number of hydrogen-bond donors (Lipinski definition) is 0. The fourth-order valence-electron chi connectivity index (χ4n) is 4.70. The van der Waals surface area contributed by atoms with Crippen LogP contribution in [0.1, 0.15) is 19.9 Å². The molecule has 1 nitrogen and oxygen atoms in total. The predicted octanol–water partition coefficient (Wildman–Crippen LogP) is 8.41. The molecule has 0 N–H and O–H groups in total. The summed E-state index contributed by atoms with van der Waals surface area (Å²) in [5.74, 6) is 0. The molecule has 0 unspecified atom stereocenters. The Balaban J connectivity index is 1.68. The van der Waals surface area contributed by atoms with Crippen molar-refractivity contribution in [1.82, 2.24) is 4.57 Å². The molecule has 0 radical (unpaired) electrons. The molecule has 0 saturated carbocycles. The number of thiophene rings is 1. The van der Waals surface area contributed by atoms with Crippen molar-refractivity contribution in [3.05, 3.63) is 84.9 Å². The van der Waals surface area contributed by atoms with Gasteiger partial charge >= 0.3 is 0 Å². The summed E-state index contributed by atoms with van der Waals surface area (Å²) >= 11 is 1.90. The van der Waals surface area contributed by atoms with Crippen molar-refractivity contribution in [2.24, 2.45) is 0 Å². The number of para-hydroxylation sites is 1. The molecule has 140 valence electrons. The molecule has 2 heterocycles. The highest BCUT2D eigenvalue weighted by atomic mass is 32.1. The third kappa shape index (κ3) is 2.39. The smallest absolute Gasteiger partial charge is 0.0494 e. The number of nitrogens with zero attached hydrogens (tertiary/aromatic N) is 1. The topological polar surface area (TPSA) is 4.93 Å². The van der Waals surface area contributed by atoms with Gasteiger partial charge in [-0.3, -0.25) is 0 Å². The first-order chi connectivity index (χ1) is 14.2. The van der Waals surface area contributed by atoms with E-state index in [0.717, 1.165) is 0 Å². The monoisotopic (exact) mass is 391 g/mol. The van der Waals surface area contributed by atoms with E-state index in [1.165, 1.54) is 53.1 Å². The molecule has 2 heteroatoms. The lowest BCUT2D eigenvalue weighted by molar-refractivity contribution is 0.642. The van der Waals surface area contributed by atoms with Crippen LogP contribution in [-0.2, 0) is 0 Å². The molecule has 2 aromatic heterocycles. The van der Waals surface area contributed by atoms with Crippen LogP contribution in [0, 0.1) is 0 Å². The molecular formula is C27H21NS. The molecule has 6 rings (SSSR count). The minimum atomic E-state index is 0.425. The molecule has 0 saturated heterocycles. The van der Waals surface area contributed by atoms with Gasteiger partial charge in [0.05, 0.1) is 0 Å². The second-order valence-electron chi connectivity index (χ2n) is 7.99. The summed E-state index contributed by atoms with van der Waals surface area (Å²) in [5.41, 5.74) is 5.25. The van der Waals surface area contributed by atoms with Crippen LogP contribution in [0.25, 0.3) is 53.1 Å². The highest BCUT2D eigenvalue weighted by molar-refractivity contribution is 7.26. The van der Waals surface area contributed by atoms with Gasteiger partial charge < -0.3 is 4.57 Å². The highest BCUT2D eigenvalue weighted by Crippen LogP contribution is 2.41. The average molecular weight is 392 g/mol. The van der Waals surface area contributed by atoms with Crippen LogP contribution < -0.4 is 0 Å². The minimum Gasteiger partial charge on any atom is -0.338 e. The van der Waals surface area contributed by atoms with E-state index < -0.39 is 0 Å². The van der Waals surface area contributed by atoms with Crippen LogP contribution in [-0.4, -0.2) is 4.57 Å². The Morgan fingerprint density at radius 3 is 2.24 bits per heavy atom. The zero-order chi connectivity index (χ0) is 19.5. The van der Waals surface area contributed by atoms with E-state index in [4.69, 9.17) is 0 Å². The second-order valence-corrected chi connectivity index (χ2v) is 9.05. The number of rotatable bonds is 2. The van der Waals surface area contributed by atoms with Crippen LogP contribution in [0.15, 0.2) is 84.9 Å². The lowest BCUT2D eigenvalue weighted by atomic mass is 10.0. The average Bonchev–Trinajstić information content (AvgIpc) is 3.29. The molecule has 0 aliphatic carbocycles. The van der Waals surface area contributed by atoms with Crippen molar-refractivity contribution in [2.45, 2.75) is 19.9 Å². The SMILES string of the molecule is CC(C)n1c2ccccc2c2cc(-c3cccc4c3sc3ccccc34)ccc21. The van der Waals surface area contributed by atoms with Crippen molar-refractivity contribution >= 4 is 53.3 Å². The maximum atomic E-state index is 2.45. The Bertz CT molecular complexity index is 1530. The first-order valence-corrected chi connectivity index (χ1v) is 11.0. The molecule has 0 aliphatic heterocycles. The lowest BCUT2D eigenvalue weighted by Gasteiger charge is -2.11. The standard InChI is InChI=1S/C27H21NS/c1-17(2)28-24-12-5-3-8-20(24)23-16-18(14-15-25(23)28)19-10-7-11-22-21-9-4-6-13-26(21)29-27(19)22/h3-17H,1-2H3. The van der Waals surface area contributed by atoms with Gasteiger partial charge in [-0.1, -0.05) is 60.7 Å². The Morgan fingerprint density at radius 2 is 1.38 bits per heavy atom. The van der Waals surface area contributed by atoms with Gasteiger partial charge in [0.2, 0.25) is 0 Å². The van der Waals surface area contributed by atoms with Gasteiger partial charge in [-0.25, -0.2) is 0 Å². The Morgan fingerprint density at radius 1 is 0.655 bits per heavy atom. The van der Waals surface area contributed by atoms with Crippen molar-refractivity contribution in [2.75, 3.05) is 0 Å². The molecule has 0 amide bonds. The Hall–Kier alpha value is -3.10. The van der Waals surface area contributed by atoms with E-state index in [1.54, 1.807) is 0 Å². The van der Waals surface area contributed by atoms with Gasteiger partial charge in [0.1, 0.15) is 0 Å². The summed E-state index contributed by atoms with van der Waals surface area (Å²) in [5, 5.41) is 5.38. The first-order valence-electron chi connectivity index (χ1n) is 10.2. The van der Waals surface area contributed by atoms with E-state index in [0.29, 0.717) is 6.04 Å². The summed E-state index contributed by atoms with van der Waals surface area (Å²) < 4.78 is 5.18. The third-order valence-electron chi connectivity index (χ3n) is 5.94. The summed E-state index contributed by atoms with van der Waals surface area (Å²) in [6.45, 7) is 4.52. The van der Waals surface area contributed by atoms with Crippen molar-refractivity contribution in [1.29, 1.82) is 0 Å². The number of benzene rings is 4. The van der Waals surface area contributed by atoms with Crippen LogP contribution in [0.5, 0.6) is 0 Å². The quantitative estimate of drug-likeness (QED) is 0.279.